The number of nitro benzene ring substituents is 1. The predicted molar refractivity (Wildman–Crippen MR) is 82.9 cm³/mol. The van der Waals surface area contributed by atoms with Gasteiger partial charge in [0, 0.05) is 29.9 Å². The monoisotopic (exact) mass is 310 g/mol. The van der Waals surface area contributed by atoms with Gasteiger partial charge in [-0.05, 0) is 24.3 Å². The Bertz CT molecular complexity index is 909. The number of aromatic nitrogens is 2. The third kappa shape index (κ3) is 2.91. The maximum absolute atomic E-state index is 10.9. The molecular formula is C15H10N4O4. The minimum Gasteiger partial charge on any atom is -0.478 e. The van der Waals surface area contributed by atoms with E-state index in [9.17, 15) is 14.9 Å². The fourth-order valence-corrected chi connectivity index (χ4v) is 2.09. The smallest absolute Gasteiger partial charge is 0.337 e. The summed E-state index contributed by atoms with van der Waals surface area (Å²) in [6.45, 7) is 0. The highest BCUT2D eigenvalue weighted by Gasteiger charge is 2.10. The van der Waals surface area contributed by atoms with Crippen LogP contribution in [0.1, 0.15) is 10.4 Å². The highest BCUT2D eigenvalue weighted by Crippen LogP contribution is 2.27. The first-order valence-corrected chi connectivity index (χ1v) is 6.54. The second kappa shape index (κ2) is 5.68. The molecule has 0 aliphatic carbocycles. The number of fused-ring (bicyclic) bond motifs is 1. The zero-order valence-electron chi connectivity index (χ0n) is 11.6. The molecule has 0 amide bonds. The lowest BCUT2D eigenvalue weighted by Crippen LogP contribution is -2.00. The normalized spacial score (nSPS) is 10.4. The van der Waals surface area contributed by atoms with Crippen LogP contribution >= 0.6 is 0 Å². The van der Waals surface area contributed by atoms with Gasteiger partial charge in [0.25, 0.3) is 5.69 Å². The summed E-state index contributed by atoms with van der Waals surface area (Å²) in [5.41, 5.74) is 1.23. The number of nitrogens with zero attached hydrogens (tertiary/aromatic N) is 3. The molecule has 8 heteroatoms. The van der Waals surface area contributed by atoms with Crippen molar-refractivity contribution >= 4 is 34.1 Å². The fraction of sp³-hybridized carbons (Fsp3) is 0. The molecule has 2 N–H and O–H groups in total. The van der Waals surface area contributed by atoms with Gasteiger partial charge in [-0.1, -0.05) is 0 Å². The number of carboxylic acids is 1. The van der Waals surface area contributed by atoms with E-state index >= 15 is 0 Å². The first kappa shape index (κ1) is 14.4. The van der Waals surface area contributed by atoms with E-state index in [4.69, 9.17) is 5.11 Å². The summed E-state index contributed by atoms with van der Waals surface area (Å²) in [6, 6.07) is 8.99. The second-order valence-electron chi connectivity index (χ2n) is 4.68. The number of rotatable bonds is 4. The van der Waals surface area contributed by atoms with Crippen LogP contribution in [0.15, 0.2) is 48.8 Å². The molecule has 0 radical (unpaired) electrons. The molecule has 23 heavy (non-hydrogen) atoms. The van der Waals surface area contributed by atoms with Gasteiger partial charge >= 0.3 is 5.97 Å². The first-order valence-electron chi connectivity index (χ1n) is 6.54. The van der Waals surface area contributed by atoms with Crippen LogP contribution in [0.4, 0.5) is 17.2 Å². The van der Waals surface area contributed by atoms with Crippen LogP contribution in [0.25, 0.3) is 10.9 Å². The molecule has 0 unspecified atom stereocenters. The maximum atomic E-state index is 10.9. The number of nitro groups is 1. The van der Waals surface area contributed by atoms with E-state index in [0.29, 0.717) is 22.4 Å². The molecule has 0 atom stereocenters. The van der Waals surface area contributed by atoms with E-state index in [1.807, 2.05) is 0 Å². The number of pyridine rings is 2. The predicted octanol–water partition coefficient (Wildman–Crippen LogP) is 2.98. The molecule has 0 spiro atoms. The molecule has 2 heterocycles. The number of benzene rings is 1. The first-order chi connectivity index (χ1) is 11.0. The Kier molecular flexibility index (Phi) is 3.55. The Morgan fingerprint density at radius 3 is 2.65 bits per heavy atom. The topological polar surface area (TPSA) is 118 Å². The molecule has 0 saturated carbocycles. The number of carbonyl (C=O) groups is 1. The Morgan fingerprint density at radius 1 is 1.17 bits per heavy atom. The van der Waals surface area contributed by atoms with Crippen molar-refractivity contribution in [2.24, 2.45) is 0 Å². The molecule has 0 saturated heterocycles. The maximum Gasteiger partial charge on any atom is 0.337 e. The molecule has 0 aliphatic heterocycles. The van der Waals surface area contributed by atoms with Crippen molar-refractivity contribution in [3.63, 3.8) is 0 Å². The number of hydrogen-bond acceptors (Lipinski definition) is 6. The summed E-state index contributed by atoms with van der Waals surface area (Å²) in [6.07, 6.45) is 2.80. The van der Waals surface area contributed by atoms with Crippen molar-refractivity contribution in [3.05, 3.63) is 64.5 Å². The van der Waals surface area contributed by atoms with Crippen LogP contribution in [-0.2, 0) is 0 Å². The van der Waals surface area contributed by atoms with Gasteiger partial charge in [0.2, 0.25) is 0 Å². The van der Waals surface area contributed by atoms with Crippen LogP contribution in [0.5, 0.6) is 0 Å². The number of carboxylic acid groups (broad SMARTS) is 1. The van der Waals surface area contributed by atoms with Crippen LogP contribution in [0.3, 0.4) is 0 Å². The zero-order chi connectivity index (χ0) is 16.4. The third-order valence-corrected chi connectivity index (χ3v) is 3.21. The van der Waals surface area contributed by atoms with Crippen molar-refractivity contribution in [2.75, 3.05) is 5.32 Å². The van der Waals surface area contributed by atoms with Crippen molar-refractivity contribution in [2.45, 2.75) is 0 Å². The SMILES string of the molecule is O=C(O)c1ccc(Nc2ccnc3ccc([N+](=O)[O-])cc23)nc1. The largest absolute Gasteiger partial charge is 0.478 e. The molecule has 114 valence electrons. The molecule has 2 aromatic heterocycles. The molecule has 0 bridgehead atoms. The van der Waals surface area contributed by atoms with Crippen LogP contribution in [0, 0.1) is 10.1 Å². The van der Waals surface area contributed by atoms with E-state index in [-0.39, 0.29) is 11.3 Å². The number of aromatic carboxylic acids is 1. The third-order valence-electron chi connectivity index (χ3n) is 3.21. The lowest BCUT2D eigenvalue weighted by Gasteiger charge is -2.08. The number of hydrogen-bond donors (Lipinski definition) is 2. The Labute approximate surface area is 129 Å². The molecule has 3 aromatic rings. The standard InChI is InChI=1S/C15H10N4O4/c20-15(21)9-1-4-14(17-8-9)18-13-5-6-16-12-3-2-10(19(22)23)7-11(12)13/h1-8H,(H,20,21)(H,16,17,18). The van der Waals surface area contributed by atoms with E-state index in [1.54, 1.807) is 18.3 Å². The summed E-state index contributed by atoms with van der Waals surface area (Å²) in [7, 11) is 0. The summed E-state index contributed by atoms with van der Waals surface area (Å²) in [4.78, 5) is 29.4. The van der Waals surface area contributed by atoms with Crippen LogP contribution < -0.4 is 5.32 Å². The molecule has 3 rings (SSSR count). The van der Waals surface area contributed by atoms with E-state index < -0.39 is 10.9 Å². The lowest BCUT2D eigenvalue weighted by molar-refractivity contribution is -0.384. The van der Waals surface area contributed by atoms with Gasteiger partial charge in [-0.2, -0.15) is 0 Å². The van der Waals surface area contributed by atoms with Crippen molar-refractivity contribution < 1.29 is 14.8 Å². The Hall–Kier alpha value is -3.55. The van der Waals surface area contributed by atoms with Gasteiger partial charge in [0.05, 0.1) is 21.7 Å². The highest BCUT2D eigenvalue weighted by atomic mass is 16.6. The van der Waals surface area contributed by atoms with Gasteiger partial charge in [-0.3, -0.25) is 15.1 Å². The molecule has 0 aliphatic rings. The summed E-state index contributed by atoms with van der Waals surface area (Å²) in [5, 5.41) is 23.4. The van der Waals surface area contributed by atoms with Gasteiger partial charge in [0.1, 0.15) is 5.82 Å². The van der Waals surface area contributed by atoms with Gasteiger partial charge in [0.15, 0.2) is 0 Å². The fourth-order valence-electron chi connectivity index (χ4n) is 2.09. The average molecular weight is 310 g/mol. The van der Waals surface area contributed by atoms with Gasteiger partial charge in [-0.15, -0.1) is 0 Å². The number of nitrogens with one attached hydrogen (secondary N) is 1. The van der Waals surface area contributed by atoms with E-state index in [2.05, 4.69) is 15.3 Å². The number of anilines is 2. The van der Waals surface area contributed by atoms with Crippen molar-refractivity contribution in [3.8, 4) is 0 Å². The summed E-state index contributed by atoms with van der Waals surface area (Å²) in [5.74, 6) is -0.636. The number of non-ortho nitro benzene ring substituents is 1. The van der Waals surface area contributed by atoms with Gasteiger partial charge < -0.3 is 10.4 Å². The van der Waals surface area contributed by atoms with E-state index in [0.717, 1.165) is 0 Å². The van der Waals surface area contributed by atoms with Crippen LogP contribution in [-0.4, -0.2) is 26.0 Å². The average Bonchev–Trinajstić information content (AvgIpc) is 2.55. The summed E-state index contributed by atoms with van der Waals surface area (Å²) >= 11 is 0. The highest BCUT2D eigenvalue weighted by molar-refractivity contribution is 5.94. The minimum atomic E-state index is -1.06. The second-order valence-corrected chi connectivity index (χ2v) is 4.68. The van der Waals surface area contributed by atoms with E-state index in [1.165, 1.54) is 30.5 Å². The lowest BCUT2D eigenvalue weighted by atomic mass is 10.1. The van der Waals surface area contributed by atoms with Crippen LogP contribution in [0.2, 0.25) is 0 Å². The zero-order valence-corrected chi connectivity index (χ0v) is 11.6. The van der Waals surface area contributed by atoms with Gasteiger partial charge in [-0.25, -0.2) is 9.78 Å². The summed E-state index contributed by atoms with van der Waals surface area (Å²) < 4.78 is 0. The minimum absolute atomic E-state index is 0.0391. The molecular weight excluding hydrogens is 300 g/mol. The van der Waals surface area contributed by atoms with Crippen molar-refractivity contribution in [1.29, 1.82) is 0 Å². The Morgan fingerprint density at radius 2 is 2.00 bits per heavy atom. The Balaban J connectivity index is 2.00. The molecule has 8 nitrogen and oxygen atoms in total. The molecule has 0 fully saturated rings. The van der Waals surface area contributed by atoms with Crippen molar-refractivity contribution in [1.82, 2.24) is 9.97 Å². The molecule has 1 aromatic carbocycles. The quantitative estimate of drug-likeness (QED) is 0.561.